The van der Waals surface area contributed by atoms with Crippen LogP contribution in [0.25, 0.3) is 0 Å². The first-order valence-corrected chi connectivity index (χ1v) is 8.23. The van der Waals surface area contributed by atoms with E-state index in [0.717, 1.165) is 44.3 Å². The Balaban J connectivity index is 1.65. The summed E-state index contributed by atoms with van der Waals surface area (Å²) in [7, 11) is 1.78. The Hall–Kier alpha value is -1.44. The first-order valence-electron chi connectivity index (χ1n) is 8.23. The summed E-state index contributed by atoms with van der Waals surface area (Å²) >= 11 is 0. The van der Waals surface area contributed by atoms with E-state index in [0.29, 0.717) is 6.54 Å². The zero-order valence-corrected chi connectivity index (χ0v) is 13.5. The molecule has 1 saturated heterocycles. The van der Waals surface area contributed by atoms with Crippen molar-refractivity contribution in [1.29, 1.82) is 0 Å². The molecule has 0 spiro atoms. The van der Waals surface area contributed by atoms with Gasteiger partial charge in [-0.15, -0.1) is 0 Å². The highest BCUT2D eigenvalue weighted by Crippen LogP contribution is 2.42. The summed E-state index contributed by atoms with van der Waals surface area (Å²) in [5.41, 5.74) is 0.945. The van der Waals surface area contributed by atoms with Crippen LogP contribution < -0.4 is 0 Å². The van der Waals surface area contributed by atoms with Crippen LogP contribution in [-0.4, -0.2) is 62.3 Å². The number of hydrogen-bond donors (Lipinski definition) is 2. The third-order valence-electron chi connectivity index (χ3n) is 5.30. The van der Waals surface area contributed by atoms with Crippen molar-refractivity contribution in [2.24, 2.45) is 0 Å². The number of aliphatic hydroxyl groups excluding tert-OH is 1. The van der Waals surface area contributed by atoms with Crippen LogP contribution in [0.4, 0.5) is 0 Å². The van der Waals surface area contributed by atoms with Crippen LogP contribution in [0.2, 0.25) is 0 Å². The lowest BCUT2D eigenvalue weighted by molar-refractivity contribution is -0.137. The number of aliphatic hydroxyl groups is 1. The molecule has 128 valence electrons. The average molecular weight is 323 g/mol. The number of aliphatic carboxylic acids is 1. The number of carboxylic acid groups (broad SMARTS) is 1. The summed E-state index contributed by atoms with van der Waals surface area (Å²) in [6.07, 6.45) is 7.00. The largest absolute Gasteiger partial charge is 0.481 e. The van der Waals surface area contributed by atoms with Crippen molar-refractivity contribution in [3.05, 3.63) is 18.0 Å². The molecule has 1 saturated carbocycles. The lowest BCUT2D eigenvalue weighted by Gasteiger charge is -2.42. The number of nitrogens with zero attached hydrogens (tertiary/aromatic N) is 3. The number of aryl methyl sites for hydroxylation is 1. The van der Waals surface area contributed by atoms with Gasteiger partial charge in [0.05, 0.1) is 30.9 Å². The van der Waals surface area contributed by atoms with Gasteiger partial charge in [-0.3, -0.25) is 14.4 Å². The molecule has 1 aliphatic heterocycles. The van der Waals surface area contributed by atoms with E-state index in [1.165, 1.54) is 0 Å². The predicted octanol–water partition coefficient (Wildman–Crippen LogP) is 0.862. The fourth-order valence-corrected chi connectivity index (χ4v) is 4.01. The van der Waals surface area contributed by atoms with Crippen molar-refractivity contribution in [3.63, 3.8) is 0 Å². The smallest absolute Gasteiger partial charge is 0.305 e. The lowest BCUT2D eigenvalue weighted by atomic mass is 9.79. The molecule has 1 aromatic rings. The van der Waals surface area contributed by atoms with Crippen LogP contribution in [-0.2, 0) is 22.6 Å². The van der Waals surface area contributed by atoms with E-state index in [2.05, 4.69) is 10.00 Å². The molecule has 2 aliphatic rings. The lowest BCUT2D eigenvalue weighted by Crippen LogP contribution is -2.51. The number of likely N-dealkylation sites (tertiary alicyclic amines) is 1. The van der Waals surface area contributed by atoms with E-state index in [1.54, 1.807) is 18.0 Å². The highest BCUT2D eigenvalue weighted by atomic mass is 16.5. The molecule has 0 aromatic carbocycles. The van der Waals surface area contributed by atoms with Gasteiger partial charge in [0.15, 0.2) is 0 Å². The van der Waals surface area contributed by atoms with Crippen LogP contribution >= 0.6 is 0 Å². The molecule has 0 amide bonds. The summed E-state index contributed by atoms with van der Waals surface area (Å²) in [5.74, 6) is -0.817. The number of rotatable bonds is 6. The van der Waals surface area contributed by atoms with E-state index in [9.17, 15) is 9.90 Å². The Kier molecular flexibility index (Phi) is 4.70. The van der Waals surface area contributed by atoms with Crippen molar-refractivity contribution >= 4 is 5.97 Å². The normalized spacial score (nSPS) is 31.2. The maximum Gasteiger partial charge on any atom is 0.305 e. The second-order valence-electron chi connectivity index (χ2n) is 6.69. The minimum Gasteiger partial charge on any atom is -0.481 e. The molecule has 3 atom stereocenters. The maximum atomic E-state index is 10.6. The van der Waals surface area contributed by atoms with Crippen molar-refractivity contribution in [2.45, 2.75) is 62.9 Å². The Labute approximate surface area is 135 Å². The Morgan fingerprint density at radius 1 is 1.52 bits per heavy atom. The van der Waals surface area contributed by atoms with E-state index in [-0.39, 0.29) is 24.2 Å². The van der Waals surface area contributed by atoms with E-state index < -0.39 is 5.97 Å². The molecule has 0 radical (unpaired) electrons. The van der Waals surface area contributed by atoms with E-state index in [1.807, 2.05) is 6.20 Å². The highest BCUT2D eigenvalue weighted by Gasteiger charge is 2.50. The molecule has 7 heteroatoms. The average Bonchev–Trinajstić information content (AvgIpc) is 3.11. The van der Waals surface area contributed by atoms with Gasteiger partial charge < -0.3 is 14.9 Å². The third-order valence-corrected chi connectivity index (χ3v) is 5.30. The first-order chi connectivity index (χ1) is 11.0. The van der Waals surface area contributed by atoms with Gasteiger partial charge in [-0.25, -0.2) is 0 Å². The molecule has 2 N–H and O–H groups in total. The zero-order valence-electron chi connectivity index (χ0n) is 13.5. The van der Waals surface area contributed by atoms with Gasteiger partial charge in [-0.1, -0.05) is 0 Å². The van der Waals surface area contributed by atoms with E-state index in [4.69, 9.17) is 9.84 Å². The van der Waals surface area contributed by atoms with Gasteiger partial charge >= 0.3 is 5.97 Å². The number of carboxylic acids is 1. The molecule has 1 aliphatic carbocycles. The van der Waals surface area contributed by atoms with Crippen molar-refractivity contribution < 1.29 is 19.7 Å². The number of methoxy groups -OCH3 is 1. The van der Waals surface area contributed by atoms with Crippen LogP contribution in [0.5, 0.6) is 0 Å². The fraction of sp³-hybridized carbons (Fsp3) is 0.750. The van der Waals surface area contributed by atoms with Crippen LogP contribution in [0.15, 0.2) is 12.4 Å². The zero-order chi connectivity index (χ0) is 16.4. The van der Waals surface area contributed by atoms with Gasteiger partial charge in [0.25, 0.3) is 0 Å². The molecular weight excluding hydrogens is 298 g/mol. The van der Waals surface area contributed by atoms with Crippen LogP contribution in [0, 0.1) is 0 Å². The summed E-state index contributed by atoms with van der Waals surface area (Å²) < 4.78 is 7.53. The number of aromatic nitrogens is 2. The summed E-state index contributed by atoms with van der Waals surface area (Å²) in [6.45, 7) is 2.10. The molecule has 2 heterocycles. The van der Waals surface area contributed by atoms with Crippen molar-refractivity contribution in [1.82, 2.24) is 14.7 Å². The monoisotopic (exact) mass is 323 g/mol. The SMILES string of the molecule is CO[C@@]12CC[C@H](O)C[C@@H]1N(Cc1cnn(CCC(=O)O)c1)CC2. The molecule has 7 nitrogen and oxygen atoms in total. The minimum atomic E-state index is -0.817. The molecule has 2 fully saturated rings. The molecule has 23 heavy (non-hydrogen) atoms. The number of hydrogen-bond acceptors (Lipinski definition) is 5. The Morgan fingerprint density at radius 2 is 2.35 bits per heavy atom. The maximum absolute atomic E-state index is 10.6. The summed E-state index contributed by atoms with van der Waals surface area (Å²) in [4.78, 5) is 13.0. The molecule has 3 rings (SSSR count). The molecule has 0 unspecified atom stereocenters. The van der Waals surface area contributed by atoms with Gasteiger partial charge in [0.1, 0.15) is 0 Å². The second-order valence-corrected chi connectivity index (χ2v) is 6.69. The standard InChI is InChI=1S/C16H25N3O4/c1-23-16-4-2-13(20)8-14(16)18(7-5-16)10-12-9-17-19(11-12)6-3-15(21)22/h9,11,13-14,20H,2-8,10H2,1H3,(H,21,22)/t13-,14-,16+/m0/s1. The quantitative estimate of drug-likeness (QED) is 0.807. The number of carbonyl (C=O) groups is 1. The van der Waals surface area contributed by atoms with Gasteiger partial charge in [-0.2, -0.15) is 5.10 Å². The molecule has 1 aromatic heterocycles. The Morgan fingerprint density at radius 3 is 3.09 bits per heavy atom. The molecule has 0 bridgehead atoms. The van der Waals surface area contributed by atoms with E-state index >= 15 is 0 Å². The second kappa shape index (κ2) is 6.59. The van der Waals surface area contributed by atoms with Crippen molar-refractivity contribution in [2.75, 3.05) is 13.7 Å². The van der Waals surface area contributed by atoms with Crippen LogP contribution in [0.1, 0.15) is 37.7 Å². The van der Waals surface area contributed by atoms with Gasteiger partial charge in [0, 0.05) is 38.0 Å². The topological polar surface area (TPSA) is 87.8 Å². The number of fused-ring (bicyclic) bond motifs is 1. The fourth-order valence-electron chi connectivity index (χ4n) is 4.01. The summed E-state index contributed by atoms with van der Waals surface area (Å²) in [6, 6.07) is 0.235. The Bertz CT molecular complexity index is 561. The minimum absolute atomic E-state index is 0.0758. The van der Waals surface area contributed by atoms with Gasteiger partial charge in [0.2, 0.25) is 0 Å². The summed E-state index contributed by atoms with van der Waals surface area (Å²) in [5, 5.41) is 23.0. The van der Waals surface area contributed by atoms with Crippen molar-refractivity contribution in [3.8, 4) is 0 Å². The first kappa shape index (κ1) is 16.4. The third kappa shape index (κ3) is 3.41. The van der Waals surface area contributed by atoms with Gasteiger partial charge in [-0.05, 0) is 25.7 Å². The number of ether oxygens (including phenoxy) is 1. The predicted molar refractivity (Wildman–Crippen MR) is 82.9 cm³/mol. The highest BCUT2D eigenvalue weighted by molar-refractivity contribution is 5.66. The molecular formula is C16H25N3O4. The van der Waals surface area contributed by atoms with Crippen LogP contribution in [0.3, 0.4) is 0 Å².